The van der Waals surface area contributed by atoms with Crippen LogP contribution >= 0.6 is 11.3 Å². The lowest BCUT2D eigenvalue weighted by atomic mass is 9.93. The van der Waals surface area contributed by atoms with E-state index in [1.807, 2.05) is 36.5 Å². The predicted molar refractivity (Wildman–Crippen MR) is 134 cm³/mol. The van der Waals surface area contributed by atoms with Gasteiger partial charge in [0, 0.05) is 29.0 Å². The fourth-order valence-electron chi connectivity index (χ4n) is 4.80. The average Bonchev–Trinajstić information content (AvgIpc) is 3.23. The maximum Gasteiger partial charge on any atom is 0.262 e. The van der Waals surface area contributed by atoms with Gasteiger partial charge in [0.1, 0.15) is 10.6 Å². The summed E-state index contributed by atoms with van der Waals surface area (Å²) in [5, 5.41) is 5.38. The highest BCUT2D eigenvalue weighted by atomic mass is 32.1. The molecule has 5 nitrogen and oxygen atoms in total. The number of aromatic nitrogens is 3. The van der Waals surface area contributed by atoms with Crippen molar-refractivity contribution in [1.82, 2.24) is 19.9 Å². The number of rotatable bonds is 5. The minimum absolute atomic E-state index is 0.0156. The van der Waals surface area contributed by atoms with Crippen molar-refractivity contribution in [1.29, 1.82) is 0 Å². The Morgan fingerprint density at radius 2 is 2.00 bits per heavy atom. The van der Waals surface area contributed by atoms with Gasteiger partial charge in [-0.05, 0) is 60.2 Å². The Labute approximate surface area is 199 Å². The quantitative estimate of drug-likeness (QED) is 0.399. The average molecular weight is 471 g/mol. The summed E-state index contributed by atoms with van der Waals surface area (Å²) >= 11 is 1.62. The van der Waals surface area contributed by atoms with Gasteiger partial charge >= 0.3 is 0 Å². The highest BCUT2D eigenvalue weighted by Crippen LogP contribution is 2.33. The molecule has 5 aromatic rings. The largest absolute Gasteiger partial charge is 0.310 e. The van der Waals surface area contributed by atoms with Crippen LogP contribution in [0.4, 0.5) is 4.39 Å². The lowest BCUT2D eigenvalue weighted by molar-refractivity contribution is 0.462. The van der Waals surface area contributed by atoms with Gasteiger partial charge in [-0.3, -0.25) is 14.3 Å². The molecular weight excluding hydrogens is 447 g/mol. The van der Waals surface area contributed by atoms with Crippen molar-refractivity contribution in [2.24, 2.45) is 0 Å². The second-order valence-corrected chi connectivity index (χ2v) is 9.93. The molecule has 0 bridgehead atoms. The third kappa shape index (κ3) is 4.02. The number of fused-ring (bicyclic) bond motifs is 4. The first kappa shape index (κ1) is 21.1. The normalized spacial score (nSPS) is 15.6. The molecule has 34 heavy (non-hydrogen) atoms. The van der Waals surface area contributed by atoms with E-state index < -0.39 is 0 Å². The molecule has 1 aliphatic rings. The van der Waals surface area contributed by atoms with Crippen LogP contribution in [0.3, 0.4) is 0 Å². The highest BCUT2D eigenvalue weighted by molar-refractivity contribution is 7.18. The van der Waals surface area contributed by atoms with E-state index >= 15 is 0 Å². The Morgan fingerprint density at radius 1 is 1.09 bits per heavy atom. The van der Waals surface area contributed by atoms with Gasteiger partial charge in [0.15, 0.2) is 0 Å². The van der Waals surface area contributed by atoms with E-state index in [-0.39, 0.29) is 11.4 Å². The Bertz CT molecular complexity index is 1570. The fourth-order valence-corrected chi connectivity index (χ4v) is 6.05. The van der Waals surface area contributed by atoms with E-state index in [1.165, 1.54) is 10.9 Å². The summed E-state index contributed by atoms with van der Waals surface area (Å²) in [5.41, 5.74) is 4.02. The van der Waals surface area contributed by atoms with Crippen LogP contribution in [0.2, 0.25) is 0 Å². The van der Waals surface area contributed by atoms with Crippen LogP contribution in [0.5, 0.6) is 0 Å². The zero-order chi connectivity index (χ0) is 23.1. The fraction of sp³-hybridized carbons (Fsp3) is 0.222. The summed E-state index contributed by atoms with van der Waals surface area (Å²) in [4.78, 5) is 24.6. The Kier molecular flexibility index (Phi) is 5.43. The summed E-state index contributed by atoms with van der Waals surface area (Å²) in [5.74, 6) is -0.212. The van der Waals surface area contributed by atoms with Crippen LogP contribution in [-0.4, -0.2) is 20.6 Å². The zero-order valence-electron chi connectivity index (χ0n) is 18.5. The summed E-state index contributed by atoms with van der Waals surface area (Å²) in [6.07, 6.45) is 6.13. The maximum absolute atomic E-state index is 13.5. The predicted octanol–water partition coefficient (Wildman–Crippen LogP) is 4.84. The summed E-state index contributed by atoms with van der Waals surface area (Å²) in [6, 6.07) is 17.1. The van der Waals surface area contributed by atoms with Gasteiger partial charge in [-0.25, -0.2) is 9.37 Å². The second kappa shape index (κ2) is 8.74. The van der Waals surface area contributed by atoms with Crippen LogP contribution in [0.25, 0.3) is 21.1 Å². The van der Waals surface area contributed by atoms with Gasteiger partial charge in [-0.15, -0.1) is 11.3 Å². The van der Waals surface area contributed by atoms with Crippen molar-refractivity contribution in [3.8, 4) is 0 Å². The van der Waals surface area contributed by atoms with Crippen LogP contribution in [-0.2, 0) is 25.9 Å². The van der Waals surface area contributed by atoms with Crippen LogP contribution in [0.1, 0.15) is 28.0 Å². The lowest BCUT2D eigenvalue weighted by Gasteiger charge is -2.23. The van der Waals surface area contributed by atoms with Gasteiger partial charge < -0.3 is 5.32 Å². The number of hydrogen-bond donors (Lipinski definition) is 1. The molecule has 0 radical (unpaired) electrons. The van der Waals surface area contributed by atoms with E-state index in [0.717, 1.165) is 57.1 Å². The van der Waals surface area contributed by atoms with E-state index in [0.29, 0.717) is 19.1 Å². The molecule has 6 rings (SSSR count). The van der Waals surface area contributed by atoms with Gasteiger partial charge in [0.25, 0.3) is 5.56 Å². The van der Waals surface area contributed by atoms with E-state index in [4.69, 9.17) is 0 Å². The topological polar surface area (TPSA) is 59.8 Å². The van der Waals surface area contributed by atoms with Crippen molar-refractivity contribution in [2.45, 2.75) is 38.4 Å². The maximum atomic E-state index is 13.5. The monoisotopic (exact) mass is 470 g/mol. The van der Waals surface area contributed by atoms with Crippen molar-refractivity contribution >= 4 is 32.5 Å². The molecule has 0 saturated heterocycles. The molecule has 3 heterocycles. The number of halogens is 1. The molecule has 170 valence electrons. The van der Waals surface area contributed by atoms with Crippen LogP contribution in [0.15, 0.2) is 71.9 Å². The van der Waals surface area contributed by atoms with Crippen molar-refractivity contribution < 1.29 is 4.39 Å². The number of aryl methyl sites for hydroxylation is 1. The molecule has 1 aliphatic carbocycles. The molecule has 0 aliphatic heterocycles. The summed E-state index contributed by atoms with van der Waals surface area (Å²) in [7, 11) is 0. The van der Waals surface area contributed by atoms with Crippen LogP contribution in [0, 0.1) is 5.82 Å². The Morgan fingerprint density at radius 3 is 2.91 bits per heavy atom. The van der Waals surface area contributed by atoms with Crippen LogP contribution < -0.4 is 10.9 Å². The minimum Gasteiger partial charge on any atom is -0.310 e. The smallest absolute Gasteiger partial charge is 0.262 e. The molecule has 2 aromatic carbocycles. The number of benzene rings is 2. The van der Waals surface area contributed by atoms with Gasteiger partial charge in [0.05, 0.1) is 23.8 Å². The number of nitrogens with one attached hydrogen (secondary N) is 1. The summed E-state index contributed by atoms with van der Waals surface area (Å²) < 4.78 is 15.1. The zero-order valence-corrected chi connectivity index (χ0v) is 19.3. The van der Waals surface area contributed by atoms with Gasteiger partial charge in [0.2, 0.25) is 0 Å². The van der Waals surface area contributed by atoms with E-state index in [2.05, 4.69) is 21.4 Å². The number of para-hydroxylation sites is 1. The molecule has 1 atom stereocenters. The first-order valence-corrected chi connectivity index (χ1v) is 12.3. The lowest BCUT2D eigenvalue weighted by Crippen LogP contribution is -2.33. The molecular formula is C27H23FN4OS. The van der Waals surface area contributed by atoms with Gasteiger partial charge in [-0.2, -0.15) is 0 Å². The van der Waals surface area contributed by atoms with Gasteiger partial charge in [-0.1, -0.05) is 30.3 Å². The Balaban J connectivity index is 1.24. The molecule has 0 amide bonds. The third-order valence-corrected chi connectivity index (χ3v) is 7.68. The minimum atomic E-state index is -0.212. The van der Waals surface area contributed by atoms with Crippen molar-refractivity contribution in [2.75, 3.05) is 0 Å². The Hall–Kier alpha value is -3.42. The number of thiophene rings is 1. The second-order valence-electron chi connectivity index (χ2n) is 8.85. The highest BCUT2D eigenvalue weighted by Gasteiger charge is 2.25. The van der Waals surface area contributed by atoms with E-state index in [1.54, 1.807) is 34.4 Å². The summed E-state index contributed by atoms with van der Waals surface area (Å²) in [6.45, 7) is 1.08. The van der Waals surface area contributed by atoms with Crippen molar-refractivity contribution in [3.05, 3.63) is 105 Å². The molecule has 3 aromatic heterocycles. The number of hydrogen-bond acceptors (Lipinski definition) is 5. The molecule has 7 heteroatoms. The molecule has 0 spiro atoms. The molecule has 0 fully saturated rings. The number of nitrogens with zero attached hydrogens (tertiary/aromatic N) is 3. The van der Waals surface area contributed by atoms with E-state index in [9.17, 15) is 9.18 Å². The van der Waals surface area contributed by atoms with Crippen molar-refractivity contribution in [3.63, 3.8) is 0 Å². The third-order valence-electron chi connectivity index (χ3n) is 6.52. The standard InChI is InChI=1S/C27H23FN4OS/c28-20-6-3-4-17(11-20)13-29-21-8-9-22-24(12-21)34-26-25(22)27(33)32(16-31-26)15-18-10-19-5-1-2-7-23(19)30-14-18/h1-7,10-11,14,16,21,29H,8-9,12-13,15H2. The number of pyridine rings is 1. The molecule has 0 saturated carbocycles. The first-order chi connectivity index (χ1) is 16.6. The molecule has 1 N–H and O–H groups in total. The first-order valence-electron chi connectivity index (χ1n) is 11.5. The SMILES string of the molecule is O=c1c2c3c(sc2ncn1Cc1cnc2ccccc2c1)CC(NCc1cccc(F)c1)CC3. The molecule has 1 unspecified atom stereocenters.